The molecule has 0 amide bonds. The lowest BCUT2D eigenvalue weighted by Crippen LogP contribution is -2.20. The van der Waals surface area contributed by atoms with Gasteiger partial charge >= 0.3 is 0 Å². The van der Waals surface area contributed by atoms with Crippen LogP contribution < -0.4 is 4.74 Å². The number of methoxy groups -OCH3 is 1. The highest BCUT2D eigenvalue weighted by Gasteiger charge is 2.14. The first-order chi connectivity index (χ1) is 12.4. The van der Waals surface area contributed by atoms with E-state index in [1.54, 1.807) is 6.07 Å². The van der Waals surface area contributed by atoms with Crippen LogP contribution in [0.1, 0.15) is 11.4 Å². The smallest absolute Gasteiger partial charge is 0.191 e. The van der Waals surface area contributed by atoms with E-state index in [2.05, 4.69) is 28.3 Å². The number of aromatic nitrogens is 3. The van der Waals surface area contributed by atoms with Gasteiger partial charge in [0, 0.05) is 23.9 Å². The van der Waals surface area contributed by atoms with Gasteiger partial charge in [0.25, 0.3) is 0 Å². The molecule has 26 heavy (non-hydrogen) atoms. The van der Waals surface area contributed by atoms with Crippen LogP contribution in [0.4, 0.5) is 0 Å². The van der Waals surface area contributed by atoms with Crippen molar-refractivity contribution < 1.29 is 9.84 Å². The lowest BCUT2D eigenvalue weighted by atomic mass is 10.2. The first-order valence-corrected chi connectivity index (χ1v) is 9.34. The average molecular weight is 395 g/mol. The standard InChI is InChI=1S/C18H23ClN4O2S/c1-5-8-23-17(20-21-18(23)26-12-13(2)19)11-22(3)10-14-6-7-15(24)16(9-14)25-4/h5-7,9,24H,1-2,8,10-12H2,3-4H3. The van der Waals surface area contributed by atoms with Crippen molar-refractivity contribution in [2.24, 2.45) is 0 Å². The zero-order valence-corrected chi connectivity index (χ0v) is 16.6. The van der Waals surface area contributed by atoms with Gasteiger partial charge in [-0.15, -0.1) is 16.8 Å². The van der Waals surface area contributed by atoms with Gasteiger partial charge in [0.1, 0.15) is 5.82 Å². The highest BCUT2D eigenvalue weighted by atomic mass is 35.5. The van der Waals surface area contributed by atoms with Crippen LogP contribution in [0.25, 0.3) is 0 Å². The van der Waals surface area contributed by atoms with Crippen LogP contribution in [0, 0.1) is 0 Å². The number of ether oxygens (including phenoxy) is 1. The Hall–Kier alpha value is -1.96. The predicted molar refractivity (Wildman–Crippen MR) is 106 cm³/mol. The highest BCUT2D eigenvalue weighted by molar-refractivity contribution is 7.99. The summed E-state index contributed by atoms with van der Waals surface area (Å²) in [6.45, 7) is 9.43. The topological polar surface area (TPSA) is 63.4 Å². The van der Waals surface area contributed by atoms with Crippen molar-refractivity contribution >= 4 is 23.4 Å². The fourth-order valence-electron chi connectivity index (χ4n) is 2.43. The maximum absolute atomic E-state index is 9.70. The fraction of sp³-hybridized carbons (Fsp3) is 0.333. The van der Waals surface area contributed by atoms with Crippen LogP contribution in [0.15, 0.2) is 47.6 Å². The number of hydrogen-bond donors (Lipinski definition) is 1. The summed E-state index contributed by atoms with van der Waals surface area (Å²) < 4.78 is 7.18. The molecule has 140 valence electrons. The number of thioether (sulfide) groups is 1. The highest BCUT2D eigenvalue weighted by Crippen LogP contribution is 2.27. The van der Waals surface area contributed by atoms with Crippen LogP contribution in [0.5, 0.6) is 11.5 Å². The zero-order valence-electron chi connectivity index (χ0n) is 15.0. The van der Waals surface area contributed by atoms with E-state index < -0.39 is 0 Å². The van der Waals surface area contributed by atoms with E-state index in [9.17, 15) is 5.11 Å². The van der Waals surface area contributed by atoms with Gasteiger partial charge < -0.3 is 14.4 Å². The van der Waals surface area contributed by atoms with Crippen LogP contribution in [-0.2, 0) is 19.6 Å². The van der Waals surface area contributed by atoms with Gasteiger partial charge in [-0.05, 0) is 24.7 Å². The molecule has 0 bridgehead atoms. The third-order valence-corrected chi connectivity index (χ3v) is 4.92. The van der Waals surface area contributed by atoms with Gasteiger partial charge in [-0.1, -0.05) is 42.1 Å². The molecule has 0 fully saturated rings. The minimum Gasteiger partial charge on any atom is -0.504 e. The van der Waals surface area contributed by atoms with E-state index >= 15 is 0 Å². The maximum Gasteiger partial charge on any atom is 0.191 e. The summed E-state index contributed by atoms with van der Waals surface area (Å²) in [7, 11) is 3.54. The van der Waals surface area contributed by atoms with Gasteiger partial charge in [0.05, 0.1) is 13.7 Å². The predicted octanol–water partition coefficient (Wildman–Crippen LogP) is 3.65. The Morgan fingerprint density at radius 3 is 2.85 bits per heavy atom. The molecular formula is C18H23ClN4O2S. The summed E-state index contributed by atoms with van der Waals surface area (Å²) in [4.78, 5) is 2.12. The molecule has 1 aromatic heterocycles. The second-order valence-electron chi connectivity index (χ2n) is 5.78. The molecule has 0 saturated carbocycles. The Morgan fingerprint density at radius 2 is 2.19 bits per heavy atom. The van der Waals surface area contributed by atoms with E-state index in [1.165, 1.54) is 18.9 Å². The molecule has 8 heteroatoms. The number of allylic oxidation sites excluding steroid dienone is 1. The number of rotatable bonds is 10. The first kappa shape index (κ1) is 20.4. The molecule has 1 aromatic carbocycles. The van der Waals surface area contributed by atoms with Crippen molar-refractivity contribution in [2.75, 3.05) is 19.9 Å². The van der Waals surface area contributed by atoms with Gasteiger partial charge in [0.15, 0.2) is 16.7 Å². The number of phenols is 1. The van der Waals surface area contributed by atoms with Crippen molar-refractivity contribution in [3.05, 3.63) is 53.9 Å². The van der Waals surface area contributed by atoms with E-state index in [0.717, 1.165) is 16.5 Å². The molecule has 0 aliphatic heterocycles. The molecule has 0 aliphatic carbocycles. The van der Waals surface area contributed by atoms with E-state index in [4.69, 9.17) is 16.3 Å². The Balaban J connectivity index is 2.09. The van der Waals surface area contributed by atoms with E-state index in [0.29, 0.717) is 36.2 Å². The molecule has 0 unspecified atom stereocenters. The molecule has 0 spiro atoms. The van der Waals surface area contributed by atoms with E-state index in [1.807, 2.05) is 29.8 Å². The number of benzene rings is 1. The molecule has 0 atom stereocenters. The summed E-state index contributed by atoms with van der Waals surface area (Å²) >= 11 is 7.35. The summed E-state index contributed by atoms with van der Waals surface area (Å²) in [6.07, 6.45) is 1.82. The summed E-state index contributed by atoms with van der Waals surface area (Å²) in [5, 5.41) is 19.6. The van der Waals surface area contributed by atoms with Crippen molar-refractivity contribution in [2.45, 2.75) is 24.8 Å². The van der Waals surface area contributed by atoms with Crippen molar-refractivity contribution in [3.63, 3.8) is 0 Å². The summed E-state index contributed by atoms with van der Waals surface area (Å²) in [5.41, 5.74) is 1.03. The molecule has 1 N–H and O–H groups in total. The largest absolute Gasteiger partial charge is 0.504 e. The molecule has 1 heterocycles. The number of phenolic OH excluding ortho intramolecular Hbond substituents is 1. The maximum atomic E-state index is 9.70. The SMILES string of the molecule is C=CCn1c(CN(C)Cc2ccc(O)c(OC)c2)nnc1SCC(=C)Cl. The van der Waals surface area contributed by atoms with Crippen LogP contribution in [0.2, 0.25) is 0 Å². The molecule has 2 aromatic rings. The normalized spacial score (nSPS) is 10.9. The second kappa shape index (κ2) is 9.66. The average Bonchev–Trinajstić information content (AvgIpc) is 2.96. The van der Waals surface area contributed by atoms with Crippen molar-refractivity contribution in [1.82, 2.24) is 19.7 Å². The van der Waals surface area contributed by atoms with Gasteiger partial charge in [-0.25, -0.2) is 0 Å². The fourth-order valence-corrected chi connectivity index (χ4v) is 3.31. The Bertz CT molecular complexity index is 779. The Labute approximate surface area is 163 Å². The lowest BCUT2D eigenvalue weighted by molar-refractivity contribution is 0.303. The second-order valence-corrected chi connectivity index (χ2v) is 7.26. The number of halogens is 1. The lowest BCUT2D eigenvalue weighted by Gasteiger charge is -2.17. The van der Waals surface area contributed by atoms with Gasteiger partial charge in [-0.2, -0.15) is 0 Å². The van der Waals surface area contributed by atoms with Crippen molar-refractivity contribution in [1.29, 1.82) is 0 Å². The minimum absolute atomic E-state index is 0.132. The third-order valence-electron chi connectivity index (χ3n) is 3.57. The van der Waals surface area contributed by atoms with Crippen LogP contribution in [-0.4, -0.2) is 44.7 Å². The number of aromatic hydroxyl groups is 1. The molecule has 0 radical (unpaired) electrons. The quantitative estimate of drug-likeness (QED) is 0.490. The molecule has 6 nitrogen and oxygen atoms in total. The Kier molecular flexibility index (Phi) is 7.56. The van der Waals surface area contributed by atoms with Gasteiger partial charge in [0.2, 0.25) is 0 Å². The monoisotopic (exact) mass is 394 g/mol. The molecule has 0 saturated heterocycles. The Morgan fingerprint density at radius 1 is 1.42 bits per heavy atom. The van der Waals surface area contributed by atoms with Crippen molar-refractivity contribution in [3.8, 4) is 11.5 Å². The molecule has 0 aliphatic rings. The zero-order chi connectivity index (χ0) is 19.1. The molecular weight excluding hydrogens is 372 g/mol. The van der Waals surface area contributed by atoms with Gasteiger partial charge in [-0.3, -0.25) is 4.90 Å². The van der Waals surface area contributed by atoms with Crippen LogP contribution >= 0.6 is 23.4 Å². The summed E-state index contributed by atoms with van der Waals surface area (Å²) in [6, 6.07) is 5.33. The molecule has 2 rings (SSSR count). The summed E-state index contributed by atoms with van der Waals surface area (Å²) in [5.74, 6) is 2.03. The number of nitrogens with zero attached hydrogens (tertiary/aromatic N) is 4. The number of hydrogen-bond acceptors (Lipinski definition) is 6. The first-order valence-electron chi connectivity index (χ1n) is 7.98. The third kappa shape index (κ3) is 5.52. The van der Waals surface area contributed by atoms with Crippen LogP contribution in [0.3, 0.4) is 0 Å². The van der Waals surface area contributed by atoms with E-state index in [-0.39, 0.29) is 5.75 Å². The minimum atomic E-state index is 0.132.